The van der Waals surface area contributed by atoms with Crippen LogP contribution in [0.25, 0.3) is 10.4 Å². The minimum Gasteiger partial charge on any atom is -0.497 e. The molecule has 0 aliphatic carbocycles. The highest BCUT2D eigenvalue weighted by Crippen LogP contribution is 2.43. The van der Waals surface area contributed by atoms with Gasteiger partial charge in [0.1, 0.15) is 17.2 Å². The van der Waals surface area contributed by atoms with Gasteiger partial charge >= 0.3 is 0 Å². The lowest BCUT2D eigenvalue weighted by Crippen LogP contribution is -2.54. The molecule has 1 amide bonds. The molecule has 254 valence electrons. The lowest BCUT2D eigenvalue weighted by molar-refractivity contribution is -0.130. The molecule has 0 radical (unpaired) electrons. The zero-order valence-electron chi connectivity index (χ0n) is 27.5. The van der Waals surface area contributed by atoms with Crippen molar-refractivity contribution >= 4 is 11.8 Å². The Morgan fingerprint density at radius 1 is 0.959 bits per heavy atom. The summed E-state index contributed by atoms with van der Waals surface area (Å²) in [6.45, 7) is 0.948. The van der Waals surface area contributed by atoms with Crippen LogP contribution in [0.5, 0.6) is 17.2 Å². The highest BCUT2D eigenvalue weighted by Gasteiger charge is 2.53. The Bertz CT molecular complexity index is 1780. The second-order valence-electron chi connectivity index (χ2n) is 11.3. The van der Waals surface area contributed by atoms with Crippen molar-refractivity contribution in [1.29, 1.82) is 0 Å². The number of aliphatic imine (C=N–C) groups is 1. The number of rotatable bonds is 17. The Labute approximate surface area is 285 Å². The van der Waals surface area contributed by atoms with Gasteiger partial charge < -0.3 is 24.1 Å². The topological polar surface area (TPSA) is 159 Å². The number of ether oxygens (including phenoxy) is 4. The maximum Gasteiger partial charge on any atom is 0.266 e. The second-order valence-corrected chi connectivity index (χ2v) is 11.3. The quantitative estimate of drug-likeness (QED) is 0.0433. The number of carbonyl (C=O) groups is 1. The number of benzene rings is 4. The van der Waals surface area contributed by atoms with Crippen LogP contribution in [0, 0.1) is 0 Å². The summed E-state index contributed by atoms with van der Waals surface area (Å²) in [7, 11) is 3.22. The van der Waals surface area contributed by atoms with Gasteiger partial charge in [-0.1, -0.05) is 59.7 Å². The number of nitrogens with zero attached hydrogens (tertiary/aromatic N) is 4. The molecule has 12 heteroatoms. The van der Waals surface area contributed by atoms with E-state index in [4.69, 9.17) is 34.6 Å². The average molecular weight is 665 g/mol. The largest absolute Gasteiger partial charge is 0.497 e. The number of hydrogen-bond donors (Lipinski definition) is 3. The first-order valence-electron chi connectivity index (χ1n) is 16.0. The fourth-order valence-electron chi connectivity index (χ4n) is 5.72. The molecule has 1 aliphatic heterocycles. The van der Waals surface area contributed by atoms with Crippen LogP contribution in [0.4, 0.5) is 0 Å². The summed E-state index contributed by atoms with van der Waals surface area (Å²) >= 11 is 0. The first-order chi connectivity index (χ1) is 24.0. The van der Waals surface area contributed by atoms with Crippen LogP contribution in [-0.2, 0) is 28.9 Å². The molecule has 49 heavy (non-hydrogen) atoms. The molecule has 0 bridgehead atoms. The molecular weight excluding hydrogens is 624 g/mol. The van der Waals surface area contributed by atoms with Crippen molar-refractivity contribution in [1.82, 2.24) is 10.9 Å². The van der Waals surface area contributed by atoms with E-state index in [1.54, 1.807) is 26.4 Å². The Balaban J connectivity index is 1.49. The number of azide groups is 1. The fourth-order valence-corrected chi connectivity index (χ4v) is 5.72. The van der Waals surface area contributed by atoms with Gasteiger partial charge in [0.2, 0.25) is 5.90 Å². The molecule has 0 unspecified atom stereocenters. The van der Waals surface area contributed by atoms with Crippen molar-refractivity contribution in [3.63, 3.8) is 0 Å². The van der Waals surface area contributed by atoms with Gasteiger partial charge in [-0.25, -0.2) is 10.4 Å². The lowest BCUT2D eigenvalue weighted by atomic mass is 9.81. The van der Waals surface area contributed by atoms with Gasteiger partial charge in [-0.05, 0) is 76.7 Å². The Kier molecular flexibility index (Phi) is 12.1. The summed E-state index contributed by atoms with van der Waals surface area (Å²) < 4.78 is 23.2. The van der Waals surface area contributed by atoms with Crippen LogP contribution in [0.2, 0.25) is 0 Å². The minimum absolute atomic E-state index is 0.0454. The van der Waals surface area contributed by atoms with Crippen molar-refractivity contribution in [3.05, 3.63) is 135 Å². The molecule has 3 N–H and O–H groups in total. The number of nitrogens with one attached hydrogen (secondary N) is 2. The molecule has 0 saturated heterocycles. The highest BCUT2D eigenvalue weighted by atomic mass is 16.5. The number of hydrazine groups is 1. The van der Waals surface area contributed by atoms with Crippen LogP contribution in [0.1, 0.15) is 40.3 Å². The summed E-state index contributed by atoms with van der Waals surface area (Å²) in [5, 5.41) is 12.9. The van der Waals surface area contributed by atoms with Gasteiger partial charge in [0.15, 0.2) is 11.6 Å². The maximum atomic E-state index is 14.6. The predicted molar refractivity (Wildman–Crippen MR) is 186 cm³/mol. The zero-order chi connectivity index (χ0) is 34.5. The van der Waals surface area contributed by atoms with Gasteiger partial charge in [0.05, 0.1) is 27.4 Å². The third kappa shape index (κ3) is 8.49. The monoisotopic (exact) mass is 664 g/mol. The number of aliphatic hydroxyl groups is 1. The lowest BCUT2D eigenvalue weighted by Gasteiger charge is -2.31. The normalized spacial score (nSPS) is 16.6. The average Bonchev–Trinajstić information content (AvgIpc) is 3.54. The van der Waals surface area contributed by atoms with E-state index in [1.165, 1.54) is 0 Å². The van der Waals surface area contributed by atoms with Crippen LogP contribution in [0.15, 0.2) is 107 Å². The number of carbonyl (C=O) groups excluding carboxylic acids is 1. The molecule has 0 fully saturated rings. The van der Waals surface area contributed by atoms with Gasteiger partial charge in [0, 0.05) is 36.5 Å². The van der Waals surface area contributed by atoms with Gasteiger partial charge in [0.25, 0.3) is 5.91 Å². The van der Waals surface area contributed by atoms with E-state index < -0.39 is 17.6 Å². The minimum atomic E-state index is -1.46. The van der Waals surface area contributed by atoms with Crippen LogP contribution in [0.3, 0.4) is 0 Å². The van der Waals surface area contributed by atoms with Crippen LogP contribution < -0.4 is 25.1 Å². The van der Waals surface area contributed by atoms with Gasteiger partial charge in [-0.15, -0.1) is 0 Å². The molecule has 1 aliphatic rings. The van der Waals surface area contributed by atoms with Crippen molar-refractivity contribution in [2.75, 3.05) is 34.0 Å². The number of aliphatic hydroxyl groups excluding tert-OH is 1. The van der Waals surface area contributed by atoms with Crippen molar-refractivity contribution in [2.24, 2.45) is 10.1 Å². The Morgan fingerprint density at radius 3 is 2.41 bits per heavy atom. The summed E-state index contributed by atoms with van der Waals surface area (Å²) in [5.41, 5.74) is 17.6. The zero-order valence-corrected chi connectivity index (χ0v) is 27.5. The molecule has 0 saturated carbocycles. The molecule has 2 atom stereocenters. The number of hydrogen-bond acceptors (Lipinski definition) is 9. The number of methoxy groups -OCH3 is 2. The van der Waals surface area contributed by atoms with Gasteiger partial charge in [-0.3, -0.25) is 10.2 Å². The van der Waals surface area contributed by atoms with Gasteiger partial charge in [-0.2, -0.15) is 0 Å². The Morgan fingerprint density at radius 2 is 1.69 bits per heavy atom. The summed E-state index contributed by atoms with van der Waals surface area (Å²) in [6.07, 6.45) is 0.433. The third-order valence-corrected chi connectivity index (χ3v) is 8.22. The number of amides is 1. The first kappa shape index (κ1) is 34.8. The Hall–Kier alpha value is -5.55. The fraction of sp³-hybridized carbons (Fsp3) is 0.297. The van der Waals surface area contributed by atoms with E-state index in [1.807, 2.05) is 84.9 Å². The summed E-state index contributed by atoms with van der Waals surface area (Å²) in [6, 6.07) is 29.9. The second kappa shape index (κ2) is 17.0. The van der Waals surface area contributed by atoms with Crippen molar-refractivity contribution < 1.29 is 28.8 Å². The molecule has 4 aromatic rings. The van der Waals surface area contributed by atoms with E-state index >= 15 is 0 Å². The van der Waals surface area contributed by atoms with E-state index in [-0.39, 0.29) is 19.6 Å². The maximum absolute atomic E-state index is 14.6. The van der Waals surface area contributed by atoms with Crippen LogP contribution >= 0.6 is 0 Å². The third-order valence-electron chi connectivity index (χ3n) is 8.22. The van der Waals surface area contributed by atoms with E-state index in [0.29, 0.717) is 49.0 Å². The molecule has 5 rings (SSSR count). The van der Waals surface area contributed by atoms with E-state index in [0.717, 1.165) is 28.0 Å². The molecular formula is C37H40N6O6. The smallest absolute Gasteiger partial charge is 0.266 e. The van der Waals surface area contributed by atoms with Crippen LogP contribution in [-0.4, -0.2) is 56.4 Å². The summed E-state index contributed by atoms with van der Waals surface area (Å²) in [4.78, 5) is 22.6. The summed E-state index contributed by atoms with van der Waals surface area (Å²) in [5.74, 6) is 1.98. The highest BCUT2D eigenvalue weighted by molar-refractivity contribution is 6.01. The van der Waals surface area contributed by atoms with E-state index in [2.05, 4.69) is 20.9 Å². The standard InChI is InChI=1S/C37H40N6O6/c1-46-32-17-18-33(47-2)28(23-32)19-20-39-42-36(45)37(24-29-11-6-7-12-30(29)25-40-43-38)34(26-9-4-3-5-10-26)49-35(41-37)27-13-15-31(16-14-27)48-22-8-21-44/h3-7,9-18,23,34,39,44H,8,19-22,24-25H2,1-2H3,(H,42,45)/t34-,37-/m0/s1. The molecule has 12 nitrogen and oxygen atoms in total. The molecule has 0 spiro atoms. The molecule has 0 aromatic heterocycles. The van der Waals surface area contributed by atoms with E-state index in [9.17, 15) is 4.79 Å². The first-order valence-corrected chi connectivity index (χ1v) is 16.0. The van der Waals surface area contributed by atoms with Crippen molar-refractivity contribution in [3.8, 4) is 17.2 Å². The SMILES string of the molecule is COc1ccc(OC)c(CCNNC(=O)[C@@]2(Cc3ccccc3CN=[N+]=[N-])N=C(c3ccc(OCCCO)cc3)O[C@H]2c2ccccc2)c1. The van der Waals surface area contributed by atoms with Crippen molar-refractivity contribution in [2.45, 2.75) is 37.5 Å². The molecule has 1 heterocycles. The predicted octanol–water partition coefficient (Wildman–Crippen LogP) is 5.64. The molecule has 4 aromatic carbocycles.